The number of anilines is 3. The van der Waals surface area contributed by atoms with Crippen LogP contribution in [0.15, 0.2) is 146 Å². The number of nitrogens with zero attached hydrogens (tertiary/aromatic N) is 9. The maximum atomic E-state index is 9.08. The van der Waals surface area contributed by atoms with Crippen LogP contribution in [0.1, 0.15) is 44.2 Å². The number of rotatable bonds is 7. The maximum Gasteiger partial charge on any atom is 0.426 e. The number of hydrogen-bond donors (Lipinski definition) is 1. The van der Waals surface area contributed by atoms with Crippen LogP contribution in [0.4, 0.5) is 17.1 Å². The molecule has 0 amide bonds. The predicted octanol–water partition coefficient (Wildman–Crippen LogP) is 14.3. The molecule has 0 atom stereocenters. The number of ether oxygens (including phenoxy) is 2. The number of hydrogen-bond acceptors (Lipinski definition) is 15. The SMILES string of the molecule is CB1OB(C)OB(C)O1.Cc1nccc2nccc(Oc3ccc(N4CCCC4)cc3)c12.Clc1ccnc2ccnc(Cl)c12.Clc1nccc2nccc(Oc3ccc(N4CCCC4)cc3)c12.Oc1ccc(N2CCCC2)cc1. The van der Waals surface area contributed by atoms with Gasteiger partial charge in [-0.3, -0.25) is 19.9 Å². The van der Waals surface area contributed by atoms with Crippen molar-refractivity contribution in [2.24, 2.45) is 0 Å². The summed E-state index contributed by atoms with van der Waals surface area (Å²) < 4.78 is 27.4. The number of pyridine rings is 6. The topological polar surface area (TPSA) is 153 Å². The lowest BCUT2D eigenvalue weighted by Gasteiger charge is -2.25. The third-order valence-electron chi connectivity index (χ3n) is 13.5. The van der Waals surface area contributed by atoms with Crippen LogP contribution in [0.3, 0.4) is 0 Å². The summed E-state index contributed by atoms with van der Waals surface area (Å²) in [5.41, 5.74) is 7.12. The van der Waals surface area contributed by atoms with Crippen molar-refractivity contribution in [1.82, 2.24) is 29.9 Å². The van der Waals surface area contributed by atoms with Crippen molar-refractivity contribution in [3.05, 3.63) is 167 Å². The molecule has 1 N–H and O–H groups in total. The van der Waals surface area contributed by atoms with Gasteiger partial charge in [0.1, 0.15) is 39.1 Å². The molecular weight excluding hydrogens is 1060 g/mol. The van der Waals surface area contributed by atoms with Gasteiger partial charge >= 0.3 is 21.4 Å². The molecule has 10 heterocycles. The van der Waals surface area contributed by atoms with Gasteiger partial charge in [0.15, 0.2) is 0 Å². The molecule has 4 aliphatic rings. The quantitative estimate of drug-likeness (QED) is 0.119. The van der Waals surface area contributed by atoms with Crippen molar-refractivity contribution in [3.8, 4) is 28.7 Å². The molecule has 15 nitrogen and oxygen atoms in total. The molecular formula is C58H61B3Cl3N9O6. The number of halogens is 3. The first-order valence-corrected chi connectivity index (χ1v) is 27.8. The number of aryl methyl sites for hydroxylation is 1. The lowest BCUT2D eigenvalue weighted by atomic mass is 9.74. The van der Waals surface area contributed by atoms with Gasteiger partial charge in [-0.25, -0.2) is 9.97 Å². The Bertz CT molecular complexity index is 3190. The molecule has 404 valence electrons. The van der Waals surface area contributed by atoms with Gasteiger partial charge in [-0.1, -0.05) is 34.8 Å². The van der Waals surface area contributed by atoms with Gasteiger partial charge in [-0.05, 0) is 175 Å². The van der Waals surface area contributed by atoms with Gasteiger partial charge in [-0.15, -0.1) is 0 Å². The summed E-state index contributed by atoms with van der Waals surface area (Å²) in [6.45, 7) is 14.4. The normalized spacial score (nSPS) is 14.9. The first-order valence-electron chi connectivity index (χ1n) is 26.7. The Balaban J connectivity index is 0.000000126. The summed E-state index contributed by atoms with van der Waals surface area (Å²) in [6.07, 6.45) is 17.9. The fraction of sp³-hybridized carbons (Fsp3) is 0.276. The van der Waals surface area contributed by atoms with Gasteiger partial charge in [0, 0.05) is 93.5 Å². The van der Waals surface area contributed by atoms with Crippen LogP contribution in [0.25, 0.3) is 32.7 Å². The van der Waals surface area contributed by atoms with Crippen LogP contribution in [-0.2, 0) is 13.7 Å². The summed E-state index contributed by atoms with van der Waals surface area (Å²) in [5.74, 6) is 3.43. The fourth-order valence-electron chi connectivity index (χ4n) is 9.66. The molecule has 3 aromatic carbocycles. The molecule has 0 aliphatic carbocycles. The van der Waals surface area contributed by atoms with Crippen LogP contribution in [-0.4, -0.2) is 95.6 Å². The Morgan fingerprint density at radius 1 is 0.418 bits per heavy atom. The van der Waals surface area contributed by atoms with Gasteiger partial charge in [0.05, 0.1) is 43.4 Å². The number of fused-ring (bicyclic) bond motifs is 3. The molecule has 21 heteroatoms. The molecule has 0 bridgehead atoms. The van der Waals surface area contributed by atoms with Gasteiger partial charge < -0.3 is 43.0 Å². The summed E-state index contributed by atoms with van der Waals surface area (Å²) in [7, 11) is -0.406. The highest BCUT2D eigenvalue weighted by molar-refractivity contribution is 6.72. The third-order valence-corrected chi connectivity index (χ3v) is 14.4. The van der Waals surface area contributed by atoms with E-state index in [1.807, 2.05) is 88.1 Å². The maximum absolute atomic E-state index is 9.08. The Kier molecular flexibility index (Phi) is 20.0. The lowest BCUT2D eigenvalue weighted by Crippen LogP contribution is -2.44. The Labute approximate surface area is 477 Å². The fourth-order valence-corrected chi connectivity index (χ4v) is 10.4. The molecule has 6 aromatic heterocycles. The molecule has 0 unspecified atom stereocenters. The minimum Gasteiger partial charge on any atom is -0.508 e. The molecule has 9 aromatic rings. The summed E-state index contributed by atoms with van der Waals surface area (Å²) in [6, 6.07) is 34.8. The third kappa shape index (κ3) is 15.5. The van der Waals surface area contributed by atoms with Crippen molar-refractivity contribution < 1.29 is 28.3 Å². The second-order valence-corrected chi connectivity index (χ2v) is 20.2. The van der Waals surface area contributed by atoms with Crippen LogP contribution in [0, 0.1) is 6.92 Å². The van der Waals surface area contributed by atoms with E-state index >= 15 is 0 Å². The monoisotopic (exact) mass is 1120 g/mol. The van der Waals surface area contributed by atoms with E-state index in [1.54, 1.807) is 61.4 Å². The van der Waals surface area contributed by atoms with Gasteiger partial charge in [0.25, 0.3) is 0 Å². The highest BCUT2D eigenvalue weighted by Gasteiger charge is 2.31. The smallest absolute Gasteiger partial charge is 0.426 e. The van der Waals surface area contributed by atoms with E-state index in [9.17, 15) is 0 Å². The zero-order chi connectivity index (χ0) is 55.1. The highest BCUT2D eigenvalue weighted by atomic mass is 35.5. The van der Waals surface area contributed by atoms with Crippen LogP contribution in [0.2, 0.25) is 35.8 Å². The molecule has 4 saturated heterocycles. The van der Waals surface area contributed by atoms with Crippen molar-refractivity contribution >= 4 is 106 Å². The van der Waals surface area contributed by atoms with Crippen molar-refractivity contribution in [2.75, 3.05) is 54.0 Å². The second-order valence-electron chi connectivity index (χ2n) is 19.1. The van der Waals surface area contributed by atoms with E-state index in [4.69, 9.17) is 63.1 Å². The molecule has 79 heavy (non-hydrogen) atoms. The molecule has 0 spiro atoms. The zero-order valence-electron chi connectivity index (χ0n) is 44.7. The van der Waals surface area contributed by atoms with Gasteiger partial charge in [-0.2, -0.15) is 0 Å². The summed E-state index contributed by atoms with van der Waals surface area (Å²) >= 11 is 17.9. The molecule has 4 fully saturated rings. The van der Waals surface area contributed by atoms with E-state index in [0.29, 0.717) is 32.2 Å². The first kappa shape index (κ1) is 56.8. The van der Waals surface area contributed by atoms with E-state index < -0.39 is 0 Å². The standard InChI is InChI=1S/C19H19N3O.C18H16ClN3O.C10H13NO.C8H4Cl2N2.C3H9B3O3/c1-14-19-17(8-10-20-14)21-11-9-18(19)23-16-6-4-15(5-7-16)22-12-2-3-13-22;19-18-17-15(7-9-21-18)20-10-8-16(17)23-14-5-3-13(4-6-14)22-11-1-2-12-22;12-10-5-3-9(4-6-10)11-7-1-2-8-11;9-5-1-3-11-6-2-4-12-8(10)7(5)6;1-4-7-5(2)9-6(3)8-4/h4-11H,2-3,12-13H2,1H3;3-10H,1-2,11-12H2;3-6,12H,1-2,7-8H2;1-4H;1-3H3. The van der Waals surface area contributed by atoms with E-state index in [-0.39, 0.29) is 21.4 Å². The van der Waals surface area contributed by atoms with Crippen molar-refractivity contribution in [3.63, 3.8) is 0 Å². The number of benzene rings is 3. The first-order chi connectivity index (χ1) is 38.4. The predicted molar refractivity (Wildman–Crippen MR) is 322 cm³/mol. The van der Waals surface area contributed by atoms with E-state index in [0.717, 1.165) is 89.5 Å². The van der Waals surface area contributed by atoms with Crippen LogP contribution in [0.5, 0.6) is 28.7 Å². The van der Waals surface area contributed by atoms with Crippen LogP contribution >= 0.6 is 34.8 Å². The van der Waals surface area contributed by atoms with Gasteiger partial charge in [0.2, 0.25) is 0 Å². The lowest BCUT2D eigenvalue weighted by molar-refractivity contribution is 0.294. The minimum atomic E-state index is -0.135. The number of aromatic nitrogens is 6. The van der Waals surface area contributed by atoms with E-state index in [1.165, 1.54) is 55.6 Å². The molecule has 0 radical (unpaired) electrons. The Morgan fingerprint density at radius 2 is 0.759 bits per heavy atom. The second kappa shape index (κ2) is 27.8. The average Bonchev–Trinajstić information content (AvgIpc) is 4.33. The number of aromatic hydroxyl groups is 1. The van der Waals surface area contributed by atoms with E-state index in [2.05, 4.69) is 68.9 Å². The Morgan fingerprint density at radius 3 is 1.19 bits per heavy atom. The molecule has 13 rings (SSSR count). The number of phenolic OH excluding ortho intramolecular Hbond substituents is 1. The number of phenols is 1. The largest absolute Gasteiger partial charge is 0.508 e. The average molecular weight is 1120 g/mol. The minimum absolute atomic E-state index is 0.135. The molecule has 0 saturated carbocycles. The van der Waals surface area contributed by atoms with Crippen molar-refractivity contribution in [2.45, 2.75) is 65.9 Å². The summed E-state index contributed by atoms with van der Waals surface area (Å²) in [4.78, 5) is 32.3. The van der Waals surface area contributed by atoms with Crippen LogP contribution < -0.4 is 24.2 Å². The summed E-state index contributed by atoms with van der Waals surface area (Å²) in [5, 5.41) is 12.9. The van der Waals surface area contributed by atoms with Crippen molar-refractivity contribution in [1.29, 1.82) is 0 Å². The Hall–Kier alpha value is -6.92. The highest BCUT2D eigenvalue weighted by Crippen LogP contribution is 2.35. The molecule has 4 aliphatic heterocycles. The zero-order valence-corrected chi connectivity index (χ0v) is 47.0.